The lowest BCUT2D eigenvalue weighted by molar-refractivity contribution is -0.118. The van der Waals surface area contributed by atoms with E-state index in [-0.39, 0.29) is 18.0 Å². The van der Waals surface area contributed by atoms with Gasteiger partial charge in [0.25, 0.3) is 0 Å². The molecule has 0 radical (unpaired) electrons. The van der Waals surface area contributed by atoms with Crippen LogP contribution in [0.25, 0.3) is 10.8 Å². The van der Waals surface area contributed by atoms with Gasteiger partial charge in [-0.15, -0.1) is 0 Å². The normalized spacial score (nSPS) is 16.7. The van der Waals surface area contributed by atoms with Crippen LogP contribution in [0.3, 0.4) is 0 Å². The molecule has 2 aliphatic heterocycles. The zero-order valence-corrected chi connectivity index (χ0v) is 28.5. The number of hydrogen-bond donors (Lipinski definition) is 2. The van der Waals surface area contributed by atoms with Gasteiger partial charge in [0.2, 0.25) is 5.91 Å². The van der Waals surface area contributed by atoms with Crippen LogP contribution in [-0.4, -0.2) is 35.6 Å². The average Bonchev–Trinajstić information content (AvgIpc) is 3.47. The SMILES string of the molecule is CCC(NC(Cc1ccccn1)C(=O)Nc1cccc2ccccc12)N(CC)c1ccc2c(c1)Oc1ccccc1C21OC(=O)c2ccccc21. The number of ether oxygens (including phenoxy) is 2. The van der Waals surface area contributed by atoms with E-state index in [0.717, 1.165) is 44.5 Å². The highest BCUT2D eigenvalue weighted by molar-refractivity contribution is 6.04. The van der Waals surface area contributed by atoms with Crippen LogP contribution in [0.2, 0.25) is 0 Å². The summed E-state index contributed by atoms with van der Waals surface area (Å²) in [5.41, 5.74) is 4.28. The standard InChI is InChI=1S/C43H38N4O4/c1-3-40(45-37(26-29-16-11-12-25-44-29)41(48)46-36-21-13-15-28-14-5-6-17-31(28)36)47(4-2)30-23-24-35-39(27-30)50-38-22-10-9-20-34(38)43(35)33-19-8-7-18-32(33)42(49)51-43/h5-25,27,37,40,45H,3-4,26H2,1-2H3,(H,46,48). The number of benzene rings is 5. The number of nitrogens with zero attached hydrogens (tertiary/aromatic N) is 2. The van der Waals surface area contributed by atoms with Crippen LogP contribution in [0, 0.1) is 0 Å². The van der Waals surface area contributed by atoms with E-state index in [0.29, 0.717) is 36.4 Å². The number of hydrogen-bond acceptors (Lipinski definition) is 7. The van der Waals surface area contributed by atoms with Crippen molar-refractivity contribution in [3.63, 3.8) is 0 Å². The highest BCUT2D eigenvalue weighted by Crippen LogP contribution is 2.56. The molecule has 0 bridgehead atoms. The molecule has 3 unspecified atom stereocenters. The van der Waals surface area contributed by atoms with E-state index in [1.807, 2.05) is 127 Å². The van der Waals surface area contributed by atoms with Crippen molar-refractivity contribution in [1.29, 1.82) is 0 Å². The second kappa shape index (κ2) is 13.4. The molecule has 6 aromatic rings. The van der Waals surface area contributed by atoms with Crippen LogP contribution in [-0.2, 0) is 21.6 Å². The van der Waals surface area contributed by atoms with E-state index in [9.17, 15) is 9.59 Å². The third kappa shape index (κ3) is 5.67. The number of esters is 1. The van der Waals surface area contributed by atoms with Gasteiger partial charge in [-0.2, -0.15) is 0 Å². The second-order valence-electron chi connectivity index (χ2n) is 12.9. The first kappa shape index (κ1) is 32.2. The van der Waals surface area contributed by atoms with Crippen molar-refractivity contribution in [2.45, 2.75) is 44.5 Å². The van der Waals surface area contributed by atoms with Gasteiger partial charge in [-0.3, -0.25) is 15.1 Å². The molecular weight excluding hydrogens is 636 g/mol. The smallest absolute Gasteiger partial charge is 0.340 e. The summed E-state index contributed by atoms with van der Waals surface area (Å²) in [6.07, 6.45) is 2.66. The molecule has 0 saturated carbocycles. The molecule has 8 nitrogen and oxygen atoms in total. The number of aromatic nitrogens is 1. The number of rotatable bonds is 10. The van der Waals surface area contributed by atoms with Crippen molar-refractivity contribution in [1.82, 2.24) is 10.3 Å². The maximum absolute atomic E-state index is 14.2. The van der Waals surface area contributed by atoms with Gasteiger partial charge in [0.15, 0.2) is 5.60 Å². The van der Waals surface area contributed by atoms with Crippen molar-refractivity contribution in [2.24, 2.45) is 0 Å². The maximum atomic E-state index is 14.2. The molecule has 0 fully saturated rings. The first-order valence-electron chi connectivity index (χ1n) is 17.5. The van der Waals surface area contributed by atoms with Gasteiger partial charge in [-0.1, -0.05) is 85.8 Å². The van der Waals surface area contributed by atoms with Gasteiger partial charge in [0, 0.05) is 64.4 Å². The molecular formula is C43H38N4O4. The van der Waals surface area contributed by atoms with Gasteiger partial charge in [-0.05, 0) is 61.2 Å². The van der Waals surface area contributed by atoms with E-state index < -0.39 is 11.6 Å². The lowest BCUT2D eigenvalue weighted by atomic mass is 9.77. The first-order chi connectivity index (χ1) is 25.0. The maximum Gasteiger partial charge on any atom is 0.340 e. The minimum absolute atomic E-state index is 0.138. The Labute approximate surface area is 297 Å². The molecule has 1 aromatic heterocycles. The number of fused-ring (bicyclic) bond motifs is 7. The summed E-state index contributed by atoms with van der Waals surface area (Å²) in [4.78, 5) is 34.2. The summed E-state index contributed by atoms with van der Waals surface area (Å²) in [7, 11) is 0. The fourth-order valence-corrected chi connectivity index (χ4v) is 7.55. The van der Waals surface area contributed by atoms with Gasteiger partial charge >= 0.3 is 5.97 Å². The molecule has 51 heavy (non-hydrogen) atoms. The summed E-state index contributed by atoms with van der Waals surface area (Å²) in [6, 6.07) is 40.5. The molecule has 5 aromatic carbocycles. The number of nitrogens with one attached hydrogen (secondary N) is 2. The third-order valence-corrected chi connectivity index (χ3v) is 9.94. The highest BCUT2D eigenvalue weighted by Gasteiger charge is 2.53. The number of carbonyl (C=O) groups is 2. The van der Waals surface area contributed by atoms with Crippen molar-refractivity contribution in [2.75, 3.05) is 16.8 Å². The fraction of sp³-hybridized carbons (Fsp3) is 0.186. The third-order valence-electron chi connectivity index (χ3n) is 9.94. The van der Waals surface area contributed by atoms with Gasteiger partial charge in [0.05, 0.1) is 17.8 Å². The molecule has 1 amide bonds. The van der Waals surface area contributed by atoms with Crippen molar-refractivity contribution in [3.8, 4) is 11.5 Å². The topological polar surface area (TPSA) is 92.8 Å². The Morgan fingerprint density at radius 1 is 0.804 bits per heavy atom. The molecule has 2 N–H and O–H groups in total. The summed E-state index contributed by atoms with van der Waals surface area (Å²) < 4.78 is 12.9. The Balaban J connectivity index is 1.13. The average molecular weight is 675 g/mol. The van der Waals surface area contributed by atoms with E-state index in [2.05, 4.69) is 34.4 Å². The van der Waals surface area contributed by atoms with Crippen LogP contribution < -0.4 is 20.3 Å². The zero-order chi connectivity index (χ0) is 35.0. The summed E-state index contributed by atoms with van der Waals surface area (Å²) in [6.45, 7) is 4.86. The molecule has 8 heteroatoms. The summed E-state index contributed by atoms with van der Waals surface area (Å²) in [5.74, 6) is 0.757. The molecule has 0 aliphatic carbocycles. The Hall–Kier alpha value is -5.99. The second-order valence-corrected chi connectivity index (χ2v) is 12.9. The van der Waals surface area contributed by atoms with Crippen LogP contribution in [0.4, 0.5) is 11.4 Å². The molecule has 254 valence electrons. The predicted molar refractivity (Wildman–Crippen MR) is 199 cm³/mol. The molecule has 2 aliphatic rings. The summed E-state index contributed by atoms with van der Waals surface area (Å²) >= 11 is 0. The predicted octanol–water partition coefficient (Wildman–Crippen LogP) is 8.20. The van der Waals surface area contributed by atoms with Gasteiger partial charge < -0.3 is 19.7 Å². The number of amides is 1. The van der Waals surface area contributed by atoms with Crippen molar-refractivity contribution in [3.05, 3.63) is 162 Å². The van der Waals surface area contributed by atoms with Gasteiger partial charge in [-0.25, -0.2) is 4.79 Å². The molecule has 1 spiro atoms. The van der Waals surface area contributed by atoms with Crippen molar-refractivity contribution < 1.29 is 19.1 Å². The highest BCUT2D eigenvalue weighted by atomic mass is 16.6. The van der Waals surface area contributed by atoms with Crippen molar-refractivity contribution >= 4 is 34.0 Å². The lowest BCUT2D eigenvalue weighted by Crippen LogP contribution is -2.54. The minimum atomic E-state index is -1.12. The molecule has 0 saturated heterocycles. The Kier molecular flexibility index (Phi) is 8.45. The fourth-order valence-electron chi connectivity index (χ4n) is 7.55. The first-order valence-corrected chi connectivity index (χ1v) is 17.5. The van der Waals surface area contributed by atoms with Crippen LogP contribution in [0.1, 0.15) is 53.0 Å². The molecule has 3 atom stereocenters. The number of para-hydroxylation sites is 1. The van der Waals surface area contributed by atoms with Crippen LogP contribution in [0.15, 0.2) is 134 Å². The Bertz CT molecular complexity index is 2250. The zero-order valence-electron chi connectivity index (χ0n) is 28.5. The van der Waals surface area contributed by atoms with E-state index in [1.165, 1.54) is 0 Å². The minimum Gasteiger partial charge on any atom is -0.456 e. The van der Waals surface area contributed by atoms with E-state index >= 15 is 0 Å². The summed E-state index contributed by atoms with van der Waals surface area (Å²) in [5, 5.41) is 8.95. The number of anilines is 2. The van der Waals surface area contributed by atoms with E-state index in [4.69, 9.17) is 9.47 Å². The molecule has 3 heterocycles. The van der Waals surface area contributed by atoms with Gasteiger partial charge in [0.1, 0.15) is 11.5 Å². The number of carbonyl (C=O) groups excluding carboxylic acids is 2. The Morgan fingerprint density at radius 2 is 1.55 bits per heavy atom. The quantitative estimate of drug-likeness (QED) is 0.112. The number of pyridine rings is 1. The molecule has 8 rings (SSSR count). The monoisotopic (exact) mass is 674 g/mol. The van der Waals surface area contributed by atoms with Crippen LogP contribution >= 0.6 is 0 Å². The largest absolute Gasteiger partial charge is 0.456 e. The van der Waals surface area contributed by atoms with Crippen LogP contribution in [0.5, 0.6) is 11.5 Å². The lowest BCUT2D eigenvalue weighted by Gasteiger charge is -2.38. The Morgan fingerprint density at radius 3 is 2.37 bits per heavy atom. The van der Waals surface area contributed by atoms with E-state index in [1.54, 1.807) is 6.20 Å².